The second kappa shape index (κ2) is 9.54. The normalized spacial score (nSPS) is 11.4. The van der Waals surface area contributed by atoms with Gasteiger partial charge in [0.25, 0.3) is 5.91 Å². The first-order chi connectivity index (χ1) is 11.3. The Kier molecular flexibility index (Phi) is 8.07. The largest absolute Gasteiger partial charge is 0.272 e. The van der Waals surface area contributed by atoms with Crippen molar-refractivity contribution in [3.63, 3.8) is 0 Å². The summed E-state index contributed by atoms with van der Waals surface area (Å²) in [6, 6.07) is 6.54. The maximum atomic E-state index is 12.4. The summed E-state index contributed by atoms with van der Waals surface area (Å²) < 4.78 is 25.9. The van der Waals surface area contributed by atoms with Crippen LogP contribution in [0.5, 0.6) is 0 Å². The molecule has 0 aliphatic heterocycles. The molecule has 0 saturated heterocycles. The zero-order valence-corrected chi connectivity index (χ0v) is 15.7. The number of nitrogens with one attached hydrogen (secondary N) is 1. The molecule has 1 amide bonds. The number of rotatable bonds is 9. The van der Waals surface area contributed by atoms with Crippen molar-refractivity contribution in [1.29, 1.82) is 0 Å². The molecule has 7 heteroatoms. The Morgan fingerprint density at radius 2 is 1.67 bits per heavy atom. The molecule has 1 rings (SSSR count). The van der Waals surface area contributed by atoms with Crippen molar-refractivity contribution in [2.45, 2.75) is 51.3 Å². The molecule has 0 unspecified atom stereocenters. The third-order valence-electron chi connectivity index (χ3n) is 3.51. The molecule has 0 aliphatic carbocycles. The molecule has 0 saturated carbocycles. The lowest BCUT2D eigenvalue weighted by Crippen LogP contribution is -2.37. The third-order valence-corrected chi connectivity index (χ3v) is 5.33. The Balaban J connectivity index is 2.72. The molecule has 0 fully saturated rings. The van der Waals surface area contributed by atoms with Crippen LogP contribution in [-0.4, -0.2) is 37.9 Å². The Labute approximate surface area is 145 Å². The molecular weight excluding hydrogens is 326 g/mol. The molecule has 0 radical (unpaired) electrons. The number of hydrazone groups is 1. The number of sulfonamides is 1. The quantitative estimate of drug-likeness (QED) is 0.547. The molecule has 0 spiro atoms. The standard InChI is InChI=1S/C17H27N3O3S/c1-5-7-15(8-6-2)18-19-17(21)13-20(4)24(22,23)16-11-9-14(3)10-12-16/h9-12H,5-8,13H2,1-4H3,(H,19,21). The van der Waals surface area contributed by atoms with Crippen LogP contribution in [0, 0.1) is 6.92 Å². The van der Waals surface area contributed by atoms with Gasteiger partial charge in [0.1, 0.15) is 0 Å². The predicted molar refractivity (Wildman–Crippen MR) is 96.4 cm³/mol. The van der Waals surface area contributed by atoms with Crippen LogP contribution in [0.4, 0.5) is 0 Å². The molecule has 6 nitrogen and oxygen atoms in total. The van der Waals surface area contributed by atoms with Crippen LogP contribution in [0.15, 0.2) is 34.3 Å². The van der Waals surface area contributed by atoms with E-state index in [2.05, 4.69) is 24.4 Å². The van der Waals surface area contributed by atoms with Gasteiger partial charge in [0, 0.05) is 12.8 Å². The molecule has 134 valence electrons. The number of hydrogen-bond donors (Lipinski definition) is 1. The number of carbonyl (C=O) groups excluding carboxylic acids is 1. The van der Waals surface area contributed by atoms with Gasteiger partial charge in [-0.2, -0.15) is 9.41 Å². The van der Waals surface area contributed by atoms with E-state index in [1.807, 2.05) is 6.92 Å². The fourth-order valence-electron chi connectivity index (χ4n) is 2.17. The van der Waals surface area contributed by atoms with Crippen molar-refractivity contribution in [2.24, 2.45) is 5.10 Å². The fraction of sp³-hybridized carbons (Fsp3) is 0.529. The minimum absolute atomic E-state index is 0.171. The summed E-state index contributed by atoms with van der Waals surface area (Å²) in [5, 5.41) is 4.12. The van der Waals surface area contributed by atoms with Crippen molar-refractivity contribution in [2.75, 3.05) is 13.6 Å². The Bertz CT molecular complexity index is 659. The highest BCUT2D eigenvalue weighted by Gasteiger charge is 2.22. The number of aryl methyl sites for hydroxylation is 1. The molecule has 1 N–H and O–H groups in total. The van der Waals surface area contributed by atoms with E-state index in [4.69, 9.17) is 0 Å². The van der Waals surface area contributed by atoms with Crippen molar-refractivity contribution in [3.8, 4) is 0 Å². The van der Waals surface area contributed by atoms with Crippen molar-refractivity contribution in [1.82, 2.24) is 9.73 Å². The van der Waals surface area contributed by atoms with E-state index in [1.54, 1.807) is 12.1 Å². The topological polar surface area (TPSA) is 78.8 Å². The second-order valence-electron chi connectivity index (χ2n) is 5.79. The summed E-state index contributed by atoms with van der Waals surface area (Å²) in [6.07, 6.45) is 3.56. The van der Waals surface area contributed by atoms with Gasteiger partial charge in [-0.05, 0) is 31.9 Å². The minimum atomic E-state index is -3.69. The van der Waals surface area contributed by atoms with Crippen LogP contribution in [-0.2, 0) is 14.8 Å². The van der Waals surface area contributed by atoms with E-state index in [0.717, 1.165) is 41.3 Å². The summed E-state index contributed by atoms with van der Waals surface area (Å²) in [7, 11) is -2.30. The van der Waals surface area contributed by atoms with E-state index in [1.165, 1.54) is 19.2 Å². The molecule has 0 bridgehead atoms. The SMILES string of the molecule is CCCC(CCC)=NNC(=O)CN(C)S(=O)(=O)c1ccc(C)cc1. The predicted octanol–water partition coefficient (Wildman–Crippen LogP) is 2.69. The molecule has 0 atom stereocenters. The van der Waals surface area contributed by atoms with Gasteiger partial charge in [0.15, 0.2) is 0 Å². The number of nitrogens with zero attached hydrogens (tertiary/aromatic N) is 2. The van der Waals surface area contributed by atoms with Crippen LogP contribution in [0.25, 0.3) is 0 Å². The third kappa shape index (κ3) is 6.05. The summed E-state index contributed by atoms with van der Waals surface area (Å²) in [6.45, 7) is 5.71. The van der Waals surface area contributed by atoms with Crippen molar-refractivity contribution < 1.29 is 13.2 Å². The van der Waals surface area contributed by atoms with Crippen LogP contribution in [0.1, 0.15) is 45.1 Å². The van der Waals surface area contributed by atoms with E-state index >= 15 is 0 Å². The van der Waals surface area contributed by atoms with Crippen LogP contribution >= 0.6 is 0 Å². The second-order valence-corrected chi connectivity index (χ2v) is 7.83. The summed E-state index contributed by atoms with van der Waals surface area (Å²) in [5.74, 6) is -0.446. The Morgan fingerprint density at radius 1 is 1.12 bits per heavy atom. The lowest BCUT2D eigenvalue weighted by Gasteiger charge is -2.16. The Hall–Kier alpha value is -1.73. The monoisotopic (exact) mass is 353 g/mol. The van der Waals surface area contributed by atoms with Crippen LogP contribution < -0.4 is 5.43 Å². The average molecular weight is 353 g/mol. The summed E-state index contributed by atoms with van der Waals surface area (Å²) in [5.41, 5.74) is 4.36. The molecule has 0 aromatic heterocycles. The van der Waals surface area contributed by atoms with Crippen molar-refractivity contribution in [3.05, 3.63) is 29.8 Å². The van der Waals surface area contributed by atoms with Gasteiger partial charge in [-0.25, -0.2) is 13.8 Å². The molecule has 24 heavy (non-hydrogen) atoms. The summed E-state index contributed by atoms with van der Waals surface area (Å²) in [4.78, 5) is 12.1. The Morgan fingerprint density at radius 3 is 2.17 bits per heavy atom. The van der Waals surface area contributed by atoms with Gasteiger partial charge >= 0.3 is 0 Å². The van der Waals surface area contributed by atoms with Crippen molar-refractivity contribution >= 4 is 21.6 Å². The number of benzene rings is 1. The lowest BCUT2D eigenvalue weighted by molar-refractivity contribution is -0.121. The van der Waals surface area contributed by atoms with Gasteiger partial charge in [-0.15, -0.1) is 0 Å². The number of hydrogen-bond acceptors (Lipinski definition) is 4. The maximum Gasteiger partial charge on any atom is 0.255 e. The zero-order chi connectivity index (χ0) is 18.2. The van der Waals surface area contributed by atoms with Gasteiger partial charge < -0.3 is 0 Å². The number of carbonyl (C=O) groups is 1. The summed E-state index contributed by atoms with van der Waals surface area (Å²) >= 11 is 0. The molecule has 0 aliphatic rings. The highest BCUT2D eigenvalue weighted by Crippen LogP contribution is 2.14. The van der Waals surface area contributed by atoms with E-state index < -0.39 is 15.9 Å². The highest BCUT2D eigenvalue weighted by atomic mass is 32.2. The number of amides is 1. The zero-order valence-electron chi connectivity index (χ0n) is 14.9. The first-order valence-corrected chi connectivity index (χ1v) is 9.62. The number of likely N-dealkylation sites (N-methyl/N-ethyl adjacent to an activating group) is 1. The molecule has 0 heterocycles. The van der Waals surface area contributed by atoms with Gasteiger partial charge in [0.05, 0.1) is 11.4 Å². The first-order valence-electron chi connectivity index (χ1n) is 8.18. The van der Waals surface area contributed by atoms with Crippen LogP contribution in [0.3, 0.4) is 0 Å². The van der Waals surface area contributed by atoms with Crippen LogP contribution in [0.2, 0.25) is 0 Å². The first kappa shape index (κ1) is 20.3. The maximum absolute atomic E-state index is 12.4. The smallest absolute Gasteiger partial charge is 0.255 e. The van der Waals surface area contributed by atoms with E-state index in [0.29, 0.717) is 0 Å². The minimum Gasteiger partial charge on any atom is -0.272 e. The molecular formula is C17H27N3O3S. The molecule has 1 aromatic carbocycles. The van der Waals surface area contributed by atoms with Gasteiger partial charge in [0.2, 0.25) is 10.0 Å². The van der Waals surface area contributed by atoms with E-state index in [9.17, 15) is 13.2 Å². The molecule has 1 aromatic rings. The van der Waals surface area contributed by atoms with E-state index in [-0.39, 0.29) is 11.4 Å². The average Bonchev–Trinajstić information content (AvgIpc) is 2.53. The van der Waals surface area contributed by atoms with Gasteiger partial charge in [-0.3, -0.25) is 4.79 Å². The fourth-order valence-corrected chi connectivity index (χ4v) is 3.30. The van der Waals surface area contributed by atoms with Gasteiger partial charge in [-0.1, -0.05) is 44.4 Å². The lowest BCUT2D eigenvalue weighted by atomic mass is 10.1. The highest BCUT2D eigenvalue weighted by molar-refractivity contribution is 7.89.